The summed E-state index contributed by atoms with van der Waals surface area (Å²) in [5.74, 6) is 0.481. The maximum Gasteiger partial charge on any atom is 0.158 e. The highest BCUT2D eigenvalue weighted by Gasteiger charge is 2.61. The molecule has 3 rings (SSSR count). The van der Waals surface area contributed by atoms with Gasteiger partial charge in [-0.2, -0.15) is 0 Å². The van der Waals surface area contributed by atoms with Crippen LogP contribution in [0.15, 0.2) is 24.3 Å². The van der Waals surface area contributed by atoms with Crippen LogP contribution in [-0.4, -0.2) is 50.1 Å². The van der Waals surface area contributed by atoms with E-state index in [-0.39, 0.29) is 5.92 Å². The maximum atomic E-state index is 12.5. The first-order valence-corrected chi connectivity index (χ1v) is 9.70. The van der Waals surface area contributed by atoms with E-state index in [4.69, 9.17) is 4.74 Å². The molecule has 5 heteroatoms. The highest BCUT2D eigenvalue weighted by Crippen LogP contribution is 2.45. The van der Waals surface area contributed by atoms with Gasteiger partial charge in [-0.15, -0.1) is 0 Å². The first-order chi connectivity index (χ1) is 10.5. The Labute approximate surface area is 133 Å². The maximum absolute atomic E-state index is 12.5. The zero-order valence-electron chi connectivity index (χ0n) is 13.4. The predicted octanol–water partition coefficient (Wildman–Crippen LogP) is 2.02. The van der Waals surface area contributed by atoms with E-state index in [1.165, 1.54) is 11.1 Å². The van der Waals surface area contributed by atoms with Gasteiger partial charge in [0.05, 0.1) is 12.4 Å². The number of sulfone groups is 1. The molecule has 4 nitrogen and oxygen atoms in total. The highest BCUT2D eigenvalue weighted by molar-refractivity contribution is 7.93. The molecule has 2 fully saturated rings. The number of rotatable bonds is 5. The number of likely N-dealkylation sites (tertiary alicyclic amines) is 1. The number of aryl methyl sites for hydroxylation is 1. The van der Waals surface area contributed by atoms with Crippen molar-refractivity contribution in [2.45, 2.75) is 31.6 Å². The van der Waals surface area contributed by atoms with Crippen LogP contribution in [0.2, 0.25) is 0 Å². The molecule has 2 heterocycles. The quantitative estimate of drug-likeness (QED) is 0.832. The van der Waals surface area contributed by atoms with Crippen LogP contribution < -0.4 is 0 Å². The largest absolute Gasteiger partial charge is 0.381 e. The van der Waals surface area contributed by atoms with E-state index < -0.39 is 14.6 Å². The average molecular weight is 323 g/mol. The van der Waals surface area contributed by atoms with Crippen LogP contribution in [0.25, 0.3) is 0 Å². The number of benzene rings is 1. The number of hydrogen-bond donors (Lipinski definition) is 0. The van der Waals surface area contributed by atoms with Crippen molar-refractivity contribution in [3.63, 3.8) is 0 Å². The third kappa shape index (κ3) is 2.70. The molecule has 1 aromatic rings. The van der Waals surface area contributed by atoms with Gasteiger partial charge in [0.1, 0.15) is 4.75 Å². The van der Waals surface area contributed by atoms with Crippen molar-refractivity contribution >= 4 is 9.84 Å². The van der Waals surface area contributed by atoms with Gasteiger partial charge in [-0.25, -0.2) is 8.42 Å². The zero-order chi connectivity index (χ0) is 15.8. The van der Waals surface area contributed by atoms with Gasteiger partial charge in [-0.3, -0.25) is 4.90 Å². The second kappa shape index (κ2) is 5.95. The van der Waals surface area contributed by atoms with Crippen LogP contribution in [0.4, 0.5) is 0 Å². The van der Waals surface area contributed by atoms with Crippen molar-refractivity contribution in [2.75, 3.05) is 32.1 Å². The SMILES string of the molecule is CCOC[C@@H]1CCS(=O)(=O)C12CN(Cc1cccc(C)c1)C2. The molecule has 2 aliphatic heterocycles. The smallest absolute Gasteiger partial charge is 0.158 e. The Morgan fingerprint density at radius 1 is 1.36 bits per heavy atom. The molecule has 1 aromatic carbocycles. The Morgan fingerprint density at radius 3 is 2.82 bits per heavy atom. The highest BCUT2D eigenvalue weighted by atomic mass is 32.2. The second-order valence-corrected chi connectivity index (χ2v) is 9.11. The lowest BCUT2D eigenvalue weighted by molar-refractivity contribution is 0.0292. The fourth-order valence-electron chi connectivity index (χ4n) is 3.86. The van der Waals surface area contributed by atoms with Gasteiger partial charge in [0.15, 0.2) is 9.84 Å². The van der Waals surface area contributed by atoms with E-state index >= 15 is 0 Å². The van der Waals surface area contributed by atoms with Crippen molar-refractivity contribution in [1.29, 1.82) is 0 Å². The molecular formula is C17H25NO3S. The van der Waals surface area contributed by atoms with Crippen LogP contribution in [0, 0.1) is 12.8 Å². The van der Waals surface area contributed by atoms with Crippen molar-refractivity contribution in [3.05, 3.63) is 35.4 Å². The number of hydrogen-bond acceptors (Lipinski definition) is 4. The Bertz CT molecular complexity index is 635. The fourth-order valence-corrected chi connectivity index (χ4v) is 6.31. The van der Waals surface area contributed by atoms with Gasteiger partial charge in [-0.05, 0) is 25.8 Å². The van der Waals surface area contributed by atoms with Crippen molar-refractivity contribution in [2.24, 2.45) is 5.92 Å². The summed E-state index contributed by atoms with van der Waals surface area (Å²) in [7, 11) is -2.98. The summed E-state index contributed by atoms with van der Waals surface area (Å²) in [4.78, 5) is 2.25. The summed E-state index contributed by atoms with van der Waals surface area (Å²) in [5, 5.41) is 0. The molecule has 0 radical (unpaired) electrons. The Kier molecular flexibility index (Phi) is 4.32. The zero-order valence-corrected chi connectivity index (χ0v) is 14.2. The van der Waals surface area contributed by atoms with Crippen molar-refractivity contribution < 1.29 is 13.2 Å². The topological polar surface area (TPSA) is 46.6 Å². The minimum absolute atomic E-state index is 0.159. The summed E-state index contributed by atoms with van der Waals surface area (Å²) in [5.41, 5.74) is 2.50. The molecule has 22 heavy (non-hydrogen) atoms. The number of ether oxygens (including phenoxy) is 1. The van der Waals surface area contributed by atoms with Gasteiger partial charge in [-0.1, -0.05) is 29.8 Å². The molecule has 2 aliphatic rings. The summed E-state index contributed by atoms with van der Waals surface area (Å²) in [6.45, 7) is 7.41. The first kappa shape index (κ1) is 16.0. The van der Waals surface area contributed by atoms with Crippen LogP contribution in [0.5, 0.6) is 0 Å². The molecule has 0 aliphatic carbocycles. The van der Waals surface area contributed by atoms with E-state index in [0.29, 0.717) is 32.1 Å². The van der Waals surface area contributed by atoms with Gasteiger partial charge in [0.25, 0.3) is 0 Å². The molecule has 0 unspecified atom stereocenters. The third-order valence-electron chi connectivity index (χ3n) is 5.09. The van der Waals surface area contributed by atoms with Gasteiger partial charge >= 0.3 is 0 Å². The predicted molar refractivity (Wildman–Crippen MR) is 87.6 cm³/mol. The summed E-state index contributed by atoms with van der Waals surface area (Å²) in [6, 6.07) is 8.43. The van der Waals surface area contributed by atoms with E-state index in [0.717, 1.165) is 13.0 Å². The lowest BCUT2D eigenvalue weighted by atomic mass is 9.83. The van der Waals surface area contributed by atoms with Crippen LogP contribution in [0.3, 0.4) is 0 Å². The normalized spacial score (nSPS) is 26.2. The minimum atomic E-state index is -2.98. The lowest BCUT2D eigenvalue weighted by Gasteiger charge is -2.50. The molecule has 0 amide bonds. The Morgan fingerprint density at radius 2 is 2.14 bits per heavy atom. The van der Waals surface area contributed by atoms with E-state index in [9.17, 15) is 8.42 Å². The number of nitrogens with zero attached hydrogens (tertiary/aromatic N) is 1. The minimum Gasteiger partial charge on any atom is -0.381 e. The molecule has 2 saturated heterocycles. The van der Waals surface area contributed by atoms with Gasteiger partial charge in [0.2, 0.25) is 0 Å². The fraction of sp³-hybridized carbons (Fsp3) is 0.647. The van der Waals surface area contributed by atoms with E-state index in [1.807, 2.05) is 6.92 Å². The molecule has 0 aromatic heterocycles. The van der Waals surface area contributed by atoms with Crippen LogP contribution >= 0.6 is 0 Å². The van der Waals surface area contributed by atoms with Gasteiger partial charge < -0.3 is 4.74 Å². The molecular weight excluding hydrogens is 298 g/mol. The van der Waals surface area contributed by atoms with E-state index in [2.05, 4.69) is 36.1 Å². The molecule has 1 spiro atoms. The van der Waals surface area contributed by atoms with Crippen LogP contribution in [0.1, 0.15) is 24.5 Å². The monoisotopic (exact) mass is 323 g/mol. The first-order valence-electron chi connectivity index (χ1n) is 8.05. The van der Waals surface area contributed by atoms with Crippen molar-refractivity contribution in [1.82, 2.24) is 4.90 Å². The molecule has 1 atom stereocenters. The molecule has 122 valence electrons. The third-order valence-corrected chi connectivity index (χ3v) is 7.70. The van der Waals surface area contributed by atoms with Gasteiger partial charge in [0, 0.05) is 32.2 Å². The Hall–Kier alpha value is -0.910. The molecule has 0 saturated carbocycles. The van der Waals surface area contributed by atoms with Crippen molar-refractivity contribution in [3.8, 4) is 0 Å². The average Bonchev–Trinajstić information content (AvgIpc) is 2.68. The lowest BCUT2D eigenvalue weighted by Crippen LogP contribution is -2.67. The second-order valence-electron chi connectivity index (χ2n) is 6.66. The molecule has 0 bridgehead atoms. The summed E-state index contributed by atoms with van der Waals surface area (Å²) in [6.07, 6.45) is 0.751. The van der Waals surface area contributed by atoms with E-state index in [1.54, 1.807) is 0 Å². The summed E-state index contributed by atoms with van der Waals surface area (Å²) >= 11 is 0. The standard InChI is InChI=1S/C17H25NO3S/c1-3-21-11-16-7-8-22(19,20)17(16)12-18(13-17)10-15-6-4-5-14(2)9-15/h4-6,9,16H,3,7-8,10-13H2,1-2H3/t16-/m0/s1. The summed E-state index contributed by atoms with van der Waals surface area (Å²) < 4.78 is 30.0. The Balaban J connectivity index is 1.68. The molecule has 0 N–H and O–H groups in total. The van der Waals surface area contributed by atoms with Crippen LogP contribution in [-0.2, 0) is 21.1 Å².